The number of rotatable bonds is 5. The zero-order chi connectivity index (χ0) is 17.1. The number of nitrogens with zero attached hydrogens (tertiary/aromatic N) is 3. The van der Waals surface area contributed by atoms with Crippen LogP contribution in [0, 0.1) is 17.0 Å². The van der Waals surface area contributed by atoms with Gasteiger partial charge in [-0.2, -0.15) is 0 Å². The second-order valence-corrected chi connectivity index (χ2v) is 5.01. The standard InChI is InChI=1S/C15H12N4O5/c1-9-2-4-10(5-3-9)8-12-17-18-15(24-12)16-14(20)11-6-7-13(23-11)19(21)22/h2-7H,8H2,1H3,(H,16,18,20). The maximum Gasteiger partial charge on any atom is 0.433 e. The summed E-state index contributed by atoms with van der Waals surface area (Å²) in [6.45, 7) is 1.99. The van der Waals surface area contributed by atoms with Gasteiger partial charge >= 0.3 is 11.9 Å². The summed E-state index contributed by atoms with van der Waals surface area (Å²) in [5.41, 5.74) is 2.13. The summed E-state index contributed by atoms with van der Waals surface area (Å²) in [5.74, 6) is -1.13. The molecule has 3 rings (SSSR count). The molecule has 1 N–H and O–H groups in total. The fourth-order valence-corrected chi connectivity index (χ4v) is 1.96. The van der Waals surface area contributed by atoms with E-state index in [4.69, 9.17) is 8.83 Å². The normalized spacial score (nSPS) is 10.5. The summed E-state index contributed by atoms with van der Waals surface area (Å²) in [6.07, 6.45) is 0.426. The first-order valence-corrected chi connectivity index (χ1v) is 6.95. The molecule has 0 fully saturated rings. The molecular formula is C15H12N4O5. The number of nitrogens with one attached hydrogen (secondary N) is 1. The summed E-state index contributed by atoms with van der Waals surface area (Å²) in [7, 11) is 0. The van der Waals surface area contributed by atoms with E-state index in [1.165, 1.54) is 6.07 Å². The maximum absolute atomic E-state index is 11.9. The highest BCUT2D eigenvalue weighted by molar-refractivity contribution is 6.01. The first-order valence-electron chi connectivity index (χ1n) is 6.95. The minimum Gasteiger partial charge on any atom is -0.407 e. The largest absolute Gasteiger partial charge is 0.433 e. The lowest BCUT2D eigenvalue weighted by atomic mass is 10.1. The predicted molar refractivity (Wildman–Crippen MR) is 81.6 cm³/mol. The van der Waals surface area contributed by atoms with Crippen molar-refractivity contribution < 1.29 is 18.6 Å². The van der Waals surface area contributed by atoms with E-state index >= 15 is 0 Å². The number of benzene rings is 1. The molecule has 9 heteroatoms. The van der Waals surface area contributed by atoms with Crippen LogP contribution in [0.3, 0.4) is 0 Å². The summed E-state index contributed by atoms with van der Waals surface area (Å²) < 4.78 is 10.1. The summed E-state index contributed by atoms with van der Waals surface area (Å²) in [4.78, 5) is 21.7. The zero-order valence-electron chi connectivity index (χ0n) is 12.6. The number of aryl methyl sites for hydroxylation is 1. The van der Waals surface area contributed by atoms with Crippen LogP contribution in [-0.2, 0) is 6.42 Å². The molecule has 0 bridgehead atoms. The molecule has 0 unspecified atom stereocenters. The van der Waals surface area contributed by atoms with Crippen LogP contribution in [0.15, 0.2) is 45.2 Å². The van der Waals surface area contributed by atoms with Crippen LogP contribution in [0.5, 0.6) is 0 Å². The number of hydrogen-bond donors (Lipinski definition) is 1. The number of hydrogen-bond acceptors (Lipinski definition) is 7. The molecule has 0 aliphatic heterocycles. The highest BCUT2D eigenvalue weighted by atomic mass is 16.6. The van der Waals surface area contributed by atoms with E-state index in [2.05, 4.69) is 15.5 Å². The van der Waals surface area contributed by atoms with Crippen molar-refractivity contribution in [2.75, 3.05) is 5.32 Å². The second kappa shape index (κ2) is 6.32. The van der Waals surface area contributed by atoms with E-state index in [1.54, 1.807) is 0 Å². The monoisotopic (exact) mass is 328 g/mol. The average Bonchev–Trinajstić information content (AvgIpc) is 3.19. The molecule has 0 aliphatic rings. The van der Waals surface area contributed by atoms with Gasteiger partial charge in [0.2, 0.25) is 5.89 Å². The third-order valence-electron chi connectivity index (χ3n) is 3.16. The highest BCUT2D eigenvalue weighted by Gasteiger charge is 2.19. The Balaban J connectivity index is 1.65. The van der Waals surface area contributed by atoms with Gasteiger partial charge in [-0.25, -0.2) is 0 Å². The third-order valence-corrected chi connectivity index (χ3v) is 3.16. The van der Waals surface area contributed by atoms with E-state index < -0.39 is 16.7 Å². The molecule has 0 atom stereocenters. The van der Waals surface area contributed by atoms with Gasteiger partial charge in [0.15, 0.2) is 5.76 Å². The van der Waals surface area contributed by atoms with Gasteiger partial charge in [-0.15, -0.1) is 5.10 Å². The average molecular weight is 328 g/mol. The van der Waals surface area contributed by atoms with Crippen molar-refractivity contribution in [1.82, 2.24) is 10.2 Å². The maximum atomic E-state index is 11.9. The van der Waals surface area contributed by atoms with Crippen molar-refractivity contribution >= 4 is 17.8 Å². The Morgan fingerprint density at radius 1 is 1.17 bits per heavy atom. The van der Waals surface area contributed by atoms with E-state index in [-0.39, 0.29) is 11.8 Å². The lowest BCUT2D eigenvalue weighted by molar-refractivity contribution is -0.402. The van der Waals surface area contributed by atoms with Crippen LogP contribution < -0.4 is 5.32 Å². The minimum atomic E-state index is -0.733. The molecule has 0 radical (unpaired) electrons. The van der Waals surface area contributed by atoms with Gasteiger partial charge < -0.3 is 8.83 Å². The Morgan fingerprint density at radius 2 is 1.92 bits per heavy atom. The topological polar surface area (TPSA) is 124 Å². The van der Waals surface area contributed by atoms with Crippen LogP contribution in [0.1, 0.15) is 27.6 Å². The fourth-order valence-electron chi connectivity index (χ4n) is 1.96. The van der Waals surface area contributed by atoms with Gasteiger partial charge in [0, 0.05) is 0 Å². The van der Waals surface area contributed by atoms with Gasteiger partial charge in [0.1, 0.15) is 4.92 Å². The molecule has 0 saturated carbocycles. The van der Waals surface area contributed by atoms with E-state index in [0.717, 1.165) is 17.2 Å². The van der Waals surface area contributed by atoms with Gasteiger partial charge in [0.05, 0.1) is 12.5 Å². The van der Waals surface area contributed by atoms with Crippen LogP contribution in [0.2, 0.25) is 0 Å². The number of furan rings is 1. The Labute approximate surface area is 135 Å². The molecular weight excluding hydrogens is 316 g/mol. The first-order chi connectivity index (χ1) is 11.5. The molecule has 122 valence electrons. The quantitative estimate of drug-likeness (QED) is 0.564. The van der Waals surface area contributed by atoms with Gasteiger partial charge in [-0.1, -0.05) is 34.9 Å². The van der Waals surface area contributed by atoms with E-state index in [0.29, 0.717) is 12.3 Å². The van der Waals surface area contributed by atoms with Crippen molar-refractivity contribution in [1.29, 1.82) is 0 Å². The lowest BCUT2D eigenvalue weighted by Crippen LogP contribution is -2.11. The molecule has 9 nitrogen and oxygen atoms in total. The van der Waals surface area contributed by atoms with Gasteiger partial charge in [0.25, 0.3) is 5.91 Å². The van der Waals surface area contributed by atoms with Crippen molar-refractivity contribution in [2.45, 2.75) is 13.3 Å². The SMILES string of the molecule is Cc1ccc(Cc2nnc(NC(=O)c3ccc([N+](=O)[O-])o3)o2)cc1. The third kappa shape index (κ3) is 3.46. The molecule has 0 saturated heterocycles. The van der Waals surface area contributed by atoms with Crippen LogP contribution >= 0.6 is 0 Å². The Kier molecular flexibility index (Phi) is 4.06. The summed E-state index contributed by atoms with van der Waals surface area (Å²) >= 11 is 0. The number of carbonyl (C=O) groups is 1. The summed E-state index contributed by atoms with van der Waals surface area (Å²) in [6, 6.07) is 10.00. The van der Waals surface area contributed by atoms with Crippen LogP contribution in [-0.4, -0.2) is 21.0 Å². The van der Waals surface area contributed by atoms with Crippen molar-refractivity contribution in [3.63, 3.8) is 0 Å². The second-order valence-electron chi connectivity index (χ2n) is 5.01. The zero-order valence-corrected chi connectivity index (χ0v) is 12.6. The molecule has 0 aliphatic carbocycles. The van der Waals surface area contributed by atoms with E-state index in [9.17, 15) is 14.9 Å². The smallest absolute Gasteiger partial charge is 0.407 e. The number of nitro groups is 1. The molecule has 1 amide bonds. The summed E-state index contributed by atoms with van der Waals surface area (Å²) in [5, 5.41) is 20.4. The number of carbonyl (C=O) groups excluding carboxylic acids is 1. The molecule has 3 aromatic rings. The Morgan fingerprint density at radius 3 is 2.58 bits per heavy atom. The van der Waals surface area contributed by atoms with Gasteiger partial charge in [-0.3, -0.25) is 20.2 Å². The molecule has 2 aromatic heterocycles. The van der Waals surface area contributed by atoms with Crippen molar-refractivity contribution in [3.8, 4) is 0 Å². The van der Waals surface area contributed by atoms with Crippen molar-refractivity contribution in [3.05, 3.63) is 69.3 Å². The van der Waals surface area contributed by atoms with Gasteiger partial charge in [-0.05, 0) is 18.6 Å². The molecule has 1 aromatic carbocycles. The predicted octanol–water partition coefficient (Wildman–Crippen LogP) is 2.72. The van der Waals surface area contributed by atoms with Crippen LogP contribution in [0.25, 0.3) is 0 Å². The molecule has 2 heterocycles. The first kappa shape index (κ1) is 15.4. The lowest BCUT2D eigenvalue weighted by Gasteiger charge is -1.98. The Bertz CT molecular complexity index is 881. The van der Waals surface area contributed by atoms with Crippen molar-refractivity contribution in [2.24, 2.45) is 0 Å². The highest BCUT2D eigenvalue weighted by Crippen LogP contribution is 2.17. The van der Waals surface area contributed by atoms with E-state index in [1.807, 2.05) is 31.2 Å². The Hall–Kier alpha value is -3.49. The molecule has 0 spiro atoms. The number of amides is 1. The molecule has 24 heavy (non-hydrogen) atoms. The fraction of sp³-hybridized carbons (Fsp3) is 0.133. The minimum absolute atomic E-state index is 0.110. The number of aromatic nitrogens is 2. The number of anilines is 1. The van der Waals surface area contributed by atoms with Crippen LogP contribution in [0.4, 0.5) is 11.9 Å².